The number of benzene rings is 2. The van der Waals surface area contributed by atoms with E-state index in [1.54, 1.807) is 25.1 Å². The Hall–Kier alpha value is -4.03. The Morgan fingerprint density at radius 3 is 2.49 bits per heavy atom. The number of aromatic nitrogens is 3. The maximum absolute atomic E-state index is 14.1. The summed E-state index contributed by atoms with van der Waals surface area (Å²) in [5.74, 6) is -0.539. The molecular weight excluding hydrogens is 544 g/mol. The molecular formula is C29H34N6O5S. The second kappa shape index (κ2) is 12.2. The number of fused-ring (bicyclic) bond motifs is 1. The van der Waals surface area contributed by atoms with Crippen LogP contribution in [0.15, 0.2) is 76.2 Å². The molecule has 0 aliphatic heterocycles. The maximum Gasteiger partial charge on any atom is 0.251 e. The topological polar surface area (TPSA) is 139 Å². The summed E-state index contributed by atoms with van der Waals surface area (Å²) in [4.78, 5) is 29.3. The summed E-state index contributed by atoms with van der Waals surface area (Å²) in [6.45, 7) is 3.48. The summed E-state index contributed by atoms with van der Waals surface area (Å²) in [5, 5.41) is 11.4. The molecule has 5 rings (SSSR count). The number of para-hydroxylation sites is 1. The van der Waals surface area contributed by atoms with Gasteiger partial charge in [-0.05, 0) is 74.7 Å². The van der Waals surface area contributed by atoms with Gasteiger partial charge < -0.3 is 9.73 Å². The predicted octanol–water partition coefficient (Wildman–Crippen LogP) is 3.93. The van der Waals surface area contributed by atoms with E-state index in [0.29, 0.717) is 23.1 Å². The molecule has 0 spiro atoms. The minimum Gasteiger partial charge on any atom is -0.467 e. The van der Waals surface area contributed by atoms with E-state index in [-0.39, 0.29) is 35.2 Å². The number of amides is 2. The van der Waals surface area contributed by atoms with Gasteiger partial charge in [-0.25, -0.2) is 17.8 Å². The van der Waals surface area contributed by atoms with Crippen molar-refractivity contribution >= 4 is 38.6 Å². The van der Waals surface area contributed by atoms with Gasteiger partial charge in [-0.1, -0.05) is 37.1 Å². The van der Waals surface area contributed by atoms with Gasteiger partial charge in [-0.2, -0.15) is 0 Å². The van der Waals surface area contributed by atoms with Gasteiger partial charge in [0.1, 0.15) is 17.8 Å². The summed E-state index contributed by atoms with van der Waals surface area (Å²) >= 11 is 0. The molecule has 4 aromatic rings. The first kappa shape index (κ1) is 28.5. The second-order valence-corrected chi connectivity index (χ2v) is 12.0. The van der Waals surface area contributed by atoms with Crippen molar-refractivity contribution in [3.8, 4) is 0 Å². The van der Waals surface area contributed by atoms with Gasteiger partial charge in [-0.3, -0.25) is 14.5 Å². The standard InChI is InChI=1S/C29H34N6O5S/c1-3-20(2)32-41(38,39)23-16-14-22(15-17-23)35(27(36)19-34-25-12-7-6-11-24(25)31-33-34)28(26-13-8-18-40-26)29(37)30-21-9-4-5-10-21/h6-8,11-18,20-21,28,32H,3-5,9-10,19H2,1-2H3,(H,30,37)/t20-,28-/m1/s1. The highest BCUT2D eigenvalue weighted by molar-refractivity contribution is 7.89. The van der Waals surface area contributed by atoms with E-state index >= 15 is 0 Å². The van der Waals surface area contributed by atoms with Gasteiger partial charge in [0.25, 0.3) is 5.91 Å². The first-order valence-corrected chi connectivity index (χ1v) is 15.3. The molecule has 1 aliphatic rings. The number of rotatable bonds is 11. The summed E-state index contributed by atoms with van der Waals surface area (Å²) in [6, 6.07) is 15.2. The lowest BCUT2D eigenvalue weighted by Gasteiger charge is -2.31. The quantitative estimate of drug-likeness (QED) is 0.275. The molecule has 2 atom stereocenters. The minimum atomic E-state index is -3.77. The van der Waals surface area contributed by atoms with Gasteiger partial charge in [-0.15, -0.1) is 5.10 Å². The van der Waals surface area contributed by atoms with E-state index in [4.69, 9.17) is 4.42 Å². The monoisotopic (exact) mass is 578 g/mol. The van der Waals surface area contributed by atoms with Crippen LogP contribution in [-0.4, -0.2) is 47.3 Å². The number of furan rings is 1. The third kappa shape index (κ3) is 6.33. The van der Waals surface area contributed by atoms with Gasteiger partial charge in [0, 0.05) is 17.8 Å². The number of nitrogens with one attached hydrogen (secondary N) is 2. The van der Waals surface area contributed by atoms with Crippen LogP contribution in [0.1, 0.15) is 57.8 Å². The Morgan fingerprint density at radius 2 is 1.80 bits per heavy atom. The van der Waals surface area contributed by atoms with Crippen molar-refractivity contribution < 1.29 is 22.4 Å². The van der Waals surface area contributed by atoms with Crippen molar-refractivity contribution in [3.05, 3.63) is 72.7 Å². The Bertz CT molecular complexity index is 1590. The summed E-state index contributed by atoms with van der Waals surface area (Å²) < 4.78 is 35.6. The van der Waals surface area contributed by atoms with Crippen molar-refractivity contribution in [2.75, 3.05) is 4.90 Å². The minimum absolute atomic E-state index is 0.00956. The Balaban J connectivity index is 1.53. The molecule has 2 heterocycles. The molecule has 2 amide bonds. The average molecular weight is 579 g/mol. The fraction of sp³-hybridized carbons (Fsp3) is 0.379. The zero-order chi connectivity index (χ0) is 29.0. The molecule has 1 aliphatic carbocycles. The van der Waals surface area contributed by atoms with E-state index in [1.807, 2.05) is 25.1 Å². The summed E-state index contributed by atoms with van der Waals surface area (Å²) in [5.41, 5.74) is 1.64. The molecule has 2 aromatic heterocycles. The lowest BCUT2D eigenvalue weighted by molar-refractivity contribution is -0.127. The molecule has 216 valence electrons. The van der Waals surface area contributed by atoms with Crippen molar-refractivity contribution in [2.24, 2.45) is 0 Å². The van der Waals surface area contributed by atoms with Crippen LogP contribution in [0.4, 0.5) is 5.69 Å². The van der Waals surface area contributed by atoms with Gasteiger partial charge >= 0.3 is 0 Å². The van der Waals surface area contributed by atoms with Crippen LogP contribution in [0, 0.1) is 0 Å². The fourth-order valence-electron chi connectivity index (χ4n) is 5.05. The Labute approximate surface area is 238 Å². The van der Waals surface area contributed by atoms with Crippen LogP contribution in [-0.2, 0) is 26.2 Å². The zero-order valence-electron chi connectivity index (χ0n) is 23.1. The number of sulfonamides is 1. The van der Waals surface area contributed by atoms with Gasteiger partial charge in [0.2, 0.25) is 15.9 Å². The highest BCUT2D eigenvalue weighted by Crippen LogP contribution is 2.31. The van der Waals surface area contributed by atoms with E-state index in [0.717, 1.165) is 25.7 Å². The van der Waals surface area contributed by atoms with Crippen LogP contribution < -0.4 is 14.9 Å². The maximum atomic E-state index is 14.1. The molecule has 0 unspecified atom stereocenters. The molecule has 2 aromatic carbocycles. The average Bonchev–Trinajstić information content (AvgIpc) is 3.75. The first-order chi connectivity index (χ1) is 19.8. The van der Waals surface area contributed by atoms with Crippen LogP contribution >= 0.6 is 0 Å². The van der Waals surface area contributed by atoms with E-state index in [9.17, 15) is 18.0 Å². The van der Waals surface area contributed by atoms with Crippen LogP contribution in [0.25, 0.3) is 11.0 Å². The van der Waals surface area contributed by atoms with Crippen molar-refractivity contribution in [2.45, 2.75) is 75.5 Å². The summed E-state index contributed by atoms with van der Waals surface area (Å²) in [7, 11) is -3.77. The fourth-order valence-corrected chi connectivity index (χ4v) is 6.38. The SMILES string of the molecule is CC[C@@H](C)NS(=O)(=O)c1ccc(N(C(=O)Cn2nnc3ccccc32)[C@@H](C(=O)NC2CCCC2)c2ccco2)cc1. The first-order valence-electron chi connectivity index (χ1n) is 13.8. The molecule has 0 radical (unpaired) electrons. The van der Waals surface area contributed by atoms with E-state index in [1.165, 1.54) is 40.1 Å². The second-order valence-electron chi connectivity index (χ2n) is 10.3. The lowest BCUT2D eigenvalue weighted by Crippen LogP contribution is -2.47. The van der Waals surface area contributed by atoms with E-state index in [2.05, 4.69) is 20.4 Å². The largest absolute Gasteiger partial charge is 0.467 e. The third-order valence-corrected chi connectivity index (χ3v) is 8.99. The van der Waals surface area contributed by atoms with Gasteiger partial charge in [0.15, 0.2) is 6.04 Å². The Morgan fingerprint density at radius 1 is 1.07 bits per heavy atom. The molecule has 1 saturated carbocycles. The van der Waals surface area contributed by atoms with Crippen molar-refractivity contribution in [1.29, 1.82) is 0 Å². The number of anilines is 1. The highest BCUT2D eigenvalue weighted by Gasteiger charge is 2.36. The number of hydrogen-bond acceptors (Lipinski definition) is 7. The van der Waals surface area contributed by atoms with Crippen LogP contribution in [0.3, 0.4) is 0 Å². The van der Waals surface area contributed by atoms with Crippen molar-refractivity contribution in [1.82, 2.24) is 25.0 Å². The predicted molar refractivity (Wildman–Crippen MR) is 153 cm³/mol. The Kier molecular flexibility index (Phi) is 8.50. The molecule has 0 saturated heterocycles. The lowest BCUT2D eigenvalue weighted by atomic mass is 10.1. The molecule has 2 N–H and O–H groups in total. The molecule has 0 bridgehead atoms. The zero-order valence-corrected chi connectivity index (χ0v) is 23.9. The number of nitrogens with zero attached hydrogens (tertiary/aromatic N) is 4. The number of hydrogen-bond donors (Lipinski definition) is 2. The molecule has 1 fully saturated rings. The van der Waals surface area contributed by atoms with Gasteiger partial charge in [0.05, 0.1) is 16.7 Å². The molecule has 11 nitrogen and oxygen atoms in total. The molecule has 41 heavy (non-hydrogen) atoms. The molecule has 12 heteroatoms. The highest BCUT2D eigenvalue weighted by atomic mass is 32.2. The smallest absolute Gasteiger partial charge is 0.251 e. The summed E-state index contributed by atoms with van der Waals surface area (Å²) in [6.07, 6.45) is 5.88. The number of carbonyl (C=O) groups is 2. The van der Waals surface area contributed by atoms with Crippen LogP contribution in [0.5, 0.6) is 0 Å². The van der Waals surface area contributed by atoms with Crippen LogP contribution in [0.2, 0.25) is 0 Å². The third-order valence-electron chi connectivity index (χ3n) is 7.39. The van der Waals surface area contributed by atoms with E-state index < -0.39 is 22.0 Å². The number of carbonyl (C=O) groups excluding carboxylic acids is 2. The van der Waals surface area contributed by atoms with Crippen molar-refractivity contribution in [3.63, 3.8) is 0 Å². The normalized spacial score (nSPS) is 15.6.